The summed E-state index contributed by atoms with van der Waals surface area (Å²) in [5.74, 6) is -3.62. The van der Waals surface area contributed by atoms with Gasteiger partial charge in [0.05, 0.1) is 11.8 Å². The van der Waals surface area contributed by atoms with Crippen LogP contribution in [0.4, 0.5) is 0 Å². The Hall–Kier alpha value is -3.47. The molecule has 1 aliphatic rings. The van der Waals surface area contributed by atoms with Crippen LogP contribution in [0.25, 0.3) is 0 Å². The number of allylic oxidation sites excluding steroid dienone is 1. The first-order valence-corrected chi connectivity index (χ1v) is 11.6. The van der Waals surface area contributed by atoms with Gasteiger partial charge in [0.25, 0.3) is 0 Å². The van der Waals surface area contributed by atoms with Crippen molar-refractivity contribution in [1.29, 1.82) is 0 Å². The number of carbonyl (C=O) groups excluding carboxylic acids is 2. The van der Waals surface area contributed by atoms with Gasteiger partial charge in [0.2, 0.25) is 11.8 Å². The van der Waals surface area contributed by atoms with Crippen LogP contribution in [-0.2, 0) is 19.2 Å². The van der Waals surface area contributed by atoms with Crippen LogP contribution in [0.1, 0.15) is 26.2 Å². The molecule has 1 saturated heterocycles. The number of hydrogen-bond donors (Lipinski definition) is 5. The van der Waals surface area contributed by atoms with Crippen LogP contribution in [0.2, 0.25) is 0 Å². The molecule has 2 amide bonds. The highest BCUT2D eigenvalue weighted by Crippen LogP contribution is 2.26. The molecule has 2 unspecified atom stereocenters. The summed E-state index contributed by atoms with van der Waals surface area (Å²) in [5.41, 5.74) is 3.36. The van der Waals surface area contributed by atoms with Gasteiger partial charge in [0, 0.05) is 17.9 Å². The summed E-state index contributed by atoms with van der Waals surface area (Å²) in [6.45, 7) is 0.0308. The molecule has 0 aromatic heterocycles. The number of likely N-dealkylation sites (tertiary alicyclic amines) is 1. The SMILES string of the molecule is CC/C=C(\NCC(=O)O)C(CSCC(=O)N1CC([N+](=O)[O-])([N+](=O)[O-])C1)NC(=O)CCC(N)C(=O)O. The number of carboxylic acids is 2. The van der Waals surface area contributed by atoms with E-state index in [1.807, 2.05) is 0 Å². The van der Waals surface area contributed by atoms with Gasteiger partial charge < -0.3 is 31.5 Å². The maximum atomic E-state index is 12.3. The Labute approximate surface area is 203 Å². The molecule has 35 heavy (non-hydrogen) atoms. The van der Waals surface area contributed by atoms with Crippen molar-refractivity contribution < 1.29 is 39.2 Å². The van der Waals surface area contributed by atoms with E-state index in [2.05, 4.69) is 10.6 Å². The first kappa shape index (κ1) is 29.6. The smallest absolute Gasteiger partial charge is 0.480 e. The first-order valence-electron chi connectivity index (χ1n) is 10.4. The van der Waals surface area contributed by atoms with Crippen LogP contribution in [0.3, 0.4) is 0 Å². The zero-order chi connectivity index (χ0) is 26.8. The van der Waals surface area contributed by atoms with Crippen molar-refractivity contribution in [2.45, 2.75) is 43.9 Å². The minimum absolute atomic E-state index is 0.0877. The molecule has 1 heterocycles. The summed E-state index contributed by atoms with van der Waals surface area (Å²) in [4.78, 5) is 67.4. The van der Waals surface area contributed by atoms with Crippen LogP contribution >= 0.6 is 11.8 Å². The van der Waals surface area contributed by atoms with E-state index in [9.17, 15) is 39.4 Å². The average Bonchev–Trinajstić information content (AvgIpc) is 2.72. The molecule has 2 atom stereocenters. The molecule has 196 valence electrons. The molecule has 0 aromatic carbocycles. The predicted molar refractivity (Wildman–Crippen MR) is 121 cm³/mol. The molecular weight excluding hydrogens is 492 g/mol. The molecule has 0 saturated carbocycles. The third-order valence-corrected chi connectivity index (χ3v) is 6.03. The molecule has 1 fully saturated rings. The number of hydrogen-bond acceptors (Lipinski definition) is 11. The van der Waals surface area contributed by atoms with Crippen molar-refractivity contribution in [2.75, 3.05) is 31.1 Å². The molecule has 6 N–H and O–H groups in total. The summed E-state index contributed by atoms with van der Waals surface area (Å²) >= 11 is 1.03. The van der Waals surface area contributed by atoms with Gasteiger partial charge in [-0.25, -0.2) is 0 Å². The minimum Gasteiger partial charge on any atom is -0.480 e. The largest absolute Gasteiger partial charge is 0.492 e. The standard InChI is InChI=1S/C18H28N6O10S/c1-2-3-12(20-6-16(27)28)13(21-14(25)5-4-11(19)17(29)30)7-35-8-15(26)22-9-18(10-22,23(31)32)24(33)34/h3,11,13,20H,2,4-10,19H2,1H3,(H,21,25)(H,27,28)(H,29,30)/b12-3-. The van der Waals surface area contributed by atoms with E-state index in [1.165, 1.54) is 0 Å². The second-order valence-electron chi connectivity index (χ2n) is 7.68. The molecule has 16 nitrogen and oxygen atoms in total. The summed E-state index contributed by atoms with van der Waals surface area (Å²) < 4.78 is 0. The summed E-state index contributed by atoms with van der Waals surface area (Å²) in [6, 6.07) is -2.00. The molecule has 0 aromatic rings. The number of nitro groups is 2. The van der Waals surface area contributed by atoms with Crippen LogP contribution in [0.5, 0.6) is 0 Å². The lowest BCUT2D eigenvalue weighted by Gasteiger charge is -2.36. The van der Waals surface area contributed by atoms with Gasteiger partial charge in [-0.05, 0) is 12.8 Å². The van der Waals surface area contributed by atoms with Crippen molar-refractivity contribution in [1.82, 2.24) is 15.5 Å². The van der Waals surface area contributed by atoms with Gasteiger partial charge >= 0.3 is 17.6 Å². The molecule has 0 bridgehead atoms. The maximum absolute atomic E-state index is 12.3. The number of carboxylic acid groups (broad SMARTS) is 2. The van der Waals surface area contributed by atoms with Gasteiger partial charge in [-0.3, -0.25) is 39.4 Å². The van der Waals surface area contributed by atoms with Crippen molar-refractivity contribution >= 4 is 35.5 Å². The van der Waals surface area contributed by atoms with Gasteiger partial charge in [0.15, 0.2) is 13.1 Å². The number of thioether (sulfide) groups is 1. The number of aliphatic carboxylic acids is 2. The zero-order valence-electron chi connectivity index (χ0n) is 18.9. The molecular formula is C18H28N6O10S. The third kappa shape index (κ3) is 8.67. The fraction of sp³-hybridized carbons (Fsp3) is 0.667. The van der Waals surface area contributed by atoms with E-state index in [0.29, 0.717) is 12.1 Å². The molecule has 0 spiro atoms. The Morgan fingerprint density at radius 3 is 2.29 bits per heavy atom. The fourth-order valence-corrected chi connectivity index (χ4v) is 3.99. The molecule has 0 aliphatic carbocycles. The summed E-state index contributed by atoms with van der Waals surface area (Å²) in [7, 11) is 0. The van der Waals surface area contributed by atoms with E-state index in [0.717, 1.165) is 16.7 Å². The number of nitrogens with one attached hydrogen (secondary N) is 2. The Morgan fingerprint density at radius 2 is 1.80 bits per heavy atom. The van der Waals surface area contributed by atoms with Crippen molar-refractivity contribution in [3.8, 4) is 0 Å². The Bertz CT molecular complexity index is 860. The zero-order valence-corrected chi connectivity index (χ0v) is 19.7. The maximum Gasteiger partial charge on any atom is 0.492 e. The number of nitrogens with zero attached hydrogens (tertiary/aromatic N) is 3. The van der Waals surface area contributed by atoms with E-state index < -0.39 is 71.0 Å². The number of carbonyl (C=O) groups is 4. The monoisotopic (exact) mass is 520 g/mol. The number of nitrogens with two attached hydrogens (primary N) is 1. The highest BCUT2D eigenvalue weighted by Gasteiger charge is 2.67. The third-order valence-electron chi connectivity index (χ3n) is 5.01. The topological polar surface area (TPSA) is 248 Å². The van der Waals surface area contributed by atoms with E-state index in [4.69, 9.17) is 15.9 Å². The van der Waals surface area contributed by atoms with E-state index in [1.54, 1.807) is 13.0 Å². The van der Waals surface area contributed by atoms with Gasteiger partial charge in [-0.15, -0.1) is 11.8 Å². The van der Waals surface area contributed by atoms with Crippen molar-refractivity contribution in [2.24, 2.45) is 5.73 Å². The normalized spacial score (nSPS) is 16.4. The quantitative estimate of drug-likeness (QED) is 0.0879. The Morgan fingerprint density at radius 1 is 1.20 bits per heavy atom. The Kier molecular flexibility index (Phi) is 11.3. The molecule has 0 radical (unpaired) electrons. The second-order valence-corrected chi connectivity index (χ2v) is 8.71. The highest BCUT2D eigenvalue weighted by molar-refractivity contribution is 8.00. The summed E-state index contributed by atoms with van der Waals surface area (Å²) in [5, 5.41) is 45.1. The van der Waals surface area contributed by atoms with Crippen LogP contribution in [0, 0.1) is 20.2 Å². The van der Waals surface area contributed by atoms with Crippen LogP contribution < -0.4 is 16.4 Å². The van der Waals surface area contributed by atoms with Gasteiger partial charge in [0.1, 0.15) is 22.4 Å². The van der Waals surface area contributed by atoms with Crippen LogP contribution in [0.15, 0.2) is 11.8 Å². The Balaban J connectivity index is 2.77. The van der Waals surface area contributed by atoms with Crippen molar-refractivity contribution in [3.05, 3.63) is 32.0 Å². The first-order chi connectivity index (χ1) is 16.3. The predicted octanol–water partition coefficient (Wildman–Crippen LogP) is -1.54. The van der Waals surface area contributed by atoms with E-state index in [-0.39, 0.29) is 24.3 Å². The average molecular weight is 521 g/mol. The van der Waals surface area contributed by atoms with Gasteiger partial charge in [-0.1, -0.05) is 13.0 Å². The fourth-order valence-electron chi connectivity index (χ4n) is 3.02. The lowest BCUT2D eigenvalue weighted by molar-refractivity contribution is -0.809. The van der Waals surface area contributed by atoms with Gasteiger partial charge in [-0.2, -0.15) is 0 Å². The lowest BCUT2D eigenvalue weighted by atomic mass is 10.0. The molecule has 1 rings (SSSR count). The highest BCUT2D eigenvalue weighted by atomic mass is 32.2. The van der Waals surface area contributed by atoms with Crippen molar-refractivity contribution in [3.63, 3.8) is 0 Å². The lowest BCUT2D eigenvalue weighted by Crippen LogP contribution is -2.71. The molecule has 17 heteroatoms. The number of amides is 2. The minimum atomic E-state index is -2.41. The van der Waals surface area contributed by atoms with Crippen LogP contribution in [-0.4, -0.2) is 97.6 Å². The number of rotatable bonds is 16. The second kappa shape index (κ2) is 13.4. The summed E-state index contributed by atoms with van der Waals surface area (Å²) in [6.07, 6.45) is 1.80. The molecule has 1 aliphatic heterocycles. The van der Waals surface area contributed by atoms with E-state index >= 15 is 0 Å².